The monoisotopic (exact) mass is 156 g/mol. The third-order valence-electron chi connectivity index (χ3n) is 2.76. The minimum absolute atomic E-state index is 0.865. The SMILES string of the molecule is CCN(C)CC1CNCC1C. The van der Waals surface area contributed by atoms with E-state index in [1.807, 2.05) is 0 Å². The fourth-order valence-electron chi connectivity index (χ4n) is 1.64. The molecule has 2 unspecified atom stereocenters. The lowest BCUT2D eigenvalue weighted by Crippen LogP contribution is -2.28. The van der Waals surface area contributed by atoms with Gasteiger partial charge in [-0.2, -0.15) is 0 Å². The van der Waals surface area contributed by atoms with Crippen molar-refractivity contribution in [1.82, 2.24) is 10.2 Å². The van der Waals surface area contributed by atoms with Crippen LogP contribution in [0.4, 0.5) is 0 Å². The fourth-order valence-corrected chi connectivity index (χ4v) is 1.64. The van der Waals surface area contributed by atoms with Crippen molar-refractivity contribution in [3.8, 4) is 0 Å². The average Bonchev–Trinajstić information content (AvgIpc) is 2.37. The van der Waals surface area contributed by atoms with Crippen molar-refractivity contribution < 1.29 is 0 Å². The molecule has 0 aromatic rings. The van der Waals surface area contributed by atoms with Gasteiger partial charge in [-0.1, -0.05) is 13.8 Å². The van der Waals surface area contributed by atoms with E-state index in [1.54, 1.807) is 0 Å². The Morgan fingerprint density at radius 1 is 1.45 bits per heavy atom. The molecule has 1 rings (SSSR count). The van der Waals surface area contributed by atoms with Crippen molar-refractivity contribution in [2.45, 2.75) is 13.8 Å². The highest BCUT2D eigenvalue weighted by atomic mass is 15.1. The van der Waals surface area contributed by atoms with Crippen molar-refractivity contribution in [3.05, 3.63) is 0 Å². The van der Waals surface area contributed by atoms with Crippen LogP contribution >= 0.6 is 0 Å². The van der Waals surface area contributed by atoms with E-state index in [9.17, 15) is 0 Å². The van der Waals surface area contributed by atoms with E-state index >= 15 is 0 Å². The van der Waals surface area contributed by atoms with Gasteiger partial charge >= 0.3 is 0 Å². The zero-order valence-electron chi connectivity index (χ0n) is 7.93. The second kappa shape index (κ2) is 4.07. The van der Waals surface area contributed by atoms with E-state index in [0.717, 1.165) is 11.8 Å². The van der Waals surface area contributed by atoms with Crippen molar-refractivity contribution in [1.29, 1.82) is 0 Å². The Morgan fingerprint density at radius 3 is 2.64 bits per heavy atom. The molecule has 0 radical (unpaired) electrons. The van der Waals surface area contributed by atoms with Gasteiger partial charge in [0, 0.05) is 6.54 Å². The molecule has 0 aliphatic carbocycles. The zero-order valence-corrected chi connectivity index (χ0v) is 7.93. The van der Waals surface area contributed by atoms with Crippen LogP contribution in [0.25, 0.3) is 0 Å². The molecule has 0 amide bonds. The minimum atomic E-state index is 0.865. The van der Waals surface area contributed by atoms with Crippen molar-refractivity contribution in [2.75, 3.05) is 33.2 Å². The summed E-state index contributed by atoms with van der Waals surface area (Å²) in [6.07, 6.45) is 0. The van der Waals surface area contributed by atoms with Crippen LogP contribution < -0.4 is 5.32 Å². The summed E-state index contributed by atoms with van der Waals surface area (Å²) in [5.74, 6) is 1.74. The van der Waals surface area contributed by atoms with Crippen molar-refractivity contribution >= 4 is 0 Å². The summed E-state index contributed by atoms with van der Waals surface area (Å²) in [4.78, 5) is 2.40. The number of hydrogen-bond donors (Lipinski definition) is 1. The highest BCUT2D eigenvalue weighted by Crippen LogP contribution is 2.16. The maximum Gasteiger partial charge on any atom is 0.00217 e. The second-order valence-corrected chi connectivity index (χ2v) is 3.75. The topological polar surface area (TPSA) is 15.3 Å². The van der Waals surface area contributed by atoms with Gasteiger partial charge in [0.25, 0.3) is 0 Å². The van der Waals surface area contributed by atoms with Gasteiger partial charge in [0.1, 0.15) is 0 Å². The molecular weight excluding hydrogens is 136 g/mol. The van der Waals surface area contributed by atoms with E-state index in [1.165, 1.54) is 26.2 Å². The number of nitrogens with zero attached hydrogens (tertiary/aromatic N) is 1. The maximum atomic E-state index is 3.42. The van der Waals surface area contributed by atoms with Gasteiger partial charge in [-0.15, -0.1) is 0 Å². The summed E-state index contributed by atoms with van der Waals surface area (Å²) in [5.41, 5.74) is 0. The molecule has 11 heavy (non-hydrogen) atoms. The van der Waals surface area contributed by atoms with Crippen LogP contribution in [0.3, 0.4) is 0 Å². The Bertz CT molecular complexity index is 114. The van der Waals surface area contributed by atoms with Crippen molar-refractivity contribution in [2.24, 2.45) is 11.8 Å². The van der Waals surface area contributed by atoms with Crippen LogP contribution in [-0.4, -0.2) is 38.1 Å². The summed E-state index contributed by atoms with van der Waals surface area (Å²) in [6, 6.07) is 0. The molecule has 0 aromatic carbocycles. The second-order valence-electron chi connectivity index (χ2n) is 3.75. The lowest BCUT2D eigenvalue weighted by molar-refractivity contribution is 0.269. The van der Waals surface area contributed by atoms with Crippen molar-refractivity contribution in [3.63, 3.8) is 0 Å². The smallest absolute Gasteiger partial charge is 0.00217 e. The maximum absolute atomic E-state index is 3.42. The van der Waals surface area contributed by atoms with E-state index in [-0.39, 0.29) is 0 Å². The predicted molar refractivity (Wildman–Crippen MR) is 48.7 cm³/mol. The summed E-state index contributed by atoms with van der Waals surface area (Å²) in [5, 5.41) is 3.42. The van der Waals surface area contributed by atoms with Gasteiger partial charge in [0.05, 0.1) is 0 Å². The van der Waals surface area contributed by atoms with Gasteiger partial charge in [-0.25, -0.2) is 0 Å². The first kappa shape index (κ1) is 9.01. The first-order valence-electron chi connectivity index (χ1n) is 4.63. The Balaban J connectivity index is 2.24. The lowest BCUT2D eigenvalue weighted by atomic mass is 9.98. The van der Waals surface area contributed by atoms with Gasteiger partial charge < -0.3 is 10.2 Å². The standard InChI is InChI=1S/C9H20N2/c1-4-11(3)7-9-6-10-5-8(9)2/h8-10H,4-7H2,1-3H3. The van der Waals surface area contributed by atoms with E-state index in [0.29, 0.717) is 0 Å². The summed E-state index contributed by atoms with van der Waals surface area (Å²) in [7, 11) is 2.20. The van der Waals surface area contributed by atoms with Crippen LogP contribution in [-0.2, 0) is 0 Å². The van der Waals surface area contributed by atoms with Crippen LogP contribution in [0.1, 0.15) is 13.8 Å². The molecule has 1 N–H and O–H groups in total. The highest BCUT2D eigenvalue weighted by molar-refractivity contribution is 4.79. The van der Waals surface area contributed by atoms with Crippen LogP contribution in [0.5, 0.6) is 0 Å². The third kappa shape index (κ3) is 2.46. The number of rotatable bonds is 3. The molecule has 1 saturated heterocycles. The molecule has 1 aliphatic heterocycles. The molecule has 0 aromatic heterocycles. The van der Waals surface area contributed by atoms with Crippen LogP contribution in [0.2, 0.25) is 0 Å². The first-order chi connectivity index (χ1) is 5.24. The Morgan fingerprint density at radius 2 is 2.18 bits per heavy atom. The molecule has 2 nitrogen and oxygen atoms in total. The van der Waals surface area contributed by atoms with Crippen LogP contribution in [0, 0.1) is 11.8 Å². The van der Waals surface area contributed by atoms with E-state index in [2.05, 4.69) is 31.1 Å². The molecular formula is C9H20N2. The molecule has 1 aliphatic rings. The van der Waals surface area contributed by atoms with Gasteiger partial charge in [0.15, 0.2) is 0 Å². The van der Waals surface area contributed by atoms with Gasteiger partial charge in [0.2, 0.25) is 0 Å². The highest BCUT2D eigenvalue weighted by Gasteiger charge is 2.23. The largest absolute Gasteiger partial charge is 0.316 e. The molecule has 0 bridgehead atoms. The summed E-state index contributed by atoms with van der Waals surface area (Å²) >= 11 is 0. The Labute approximate surface area is 70.0 Å². The van der Waals surface area contributed by atoms with Gasteiger partial charge in [-0.05, 0) is 38.5 Å². The minimum Gasteiger partial charge on any atom is -0.316 e. The molecule has 0 spiro atoms. The zero-order chi connectivity index (χ0) is 8.27. The molecule has 1 fully saturated rings. The first-order valence-corrected chi connectivity index (χ1v) is 4.63. The van der Waals surface area contributed by atoms with Gasteiger partial charge in [-0.3, -0.25) is 0 Å². The molecule has 2 heteroatoms. The number of hydrogen-bond acceptors (Lipinski definition) is 2. The normalized spacial score (nSPS) is 31.6. The predicted octanol–water partition coefficient (Wildman–Crippen LogP) is 0.794. The molecule has 0 saturated carbocycles. The average molecular weight is 156 g/mol. The number of nitrogens with one attached hydrogen (secondary N) is 1. The Hall–Kier alpha value is -0.0800. The third-order valence-corrected chi connectivity index (χ3v) is 2.76. The van der Waals surface area contributed by atoms with E-state index in [4.69, 9.17) is 0 Å². The lowest BCUT2D eigenvalue weighted by Gasteiger charge is -2.21. The van der Waals surface area contributed by atoms with E-state index < -0.39 is 0 Å². The molecule has 2 atom stereocenters. The summed E-state index contributed by atoms with van der Waals surface area (Å²) < 4.78 is 0. The summed E-state index contributed by atoms with van der Waals surface area (Å²) in [6.45, 7) is 9.41. The molecule has 1 heterocycles. The molecule has 66 valence electrons. The Kier molecular flexibility index (Phi) is 3.34. The fraction of sp³-hybridized carbons (Fsp3) is 1.00. The quantitative estimate of drug-likeness (QED) is 0.650. The van der Waals surface area contributed by atoms with Crippen LogP contribution in [0.15, 0.2) is 0 Å².